The number of likely N-dealkylation sites (N-methyl/N-ethyl adjacent to an activating group) is 1. The van der Waals surface area contributed by atoms with Crippen molar-refractivity contribution in [3.63, 3.8) is 0 Å². The molecule has 2 N–H and O–H groups in total. The monoisotopic (exact) mass is 265 g/mol. The Hall–Kier alpha value is -1.88. The van der Waals surface area contributed by atoms with Gasteiger partial charge >= 0.3 is 11.9 Å². The first kappa shape index (κ1) is 15.2. The van der Waals surface area contributed by atoms with Crippen LogP contribution in [-0.2, 0) is 16.1 Å². The molecule has 19 heavy (non-hydrogen) atoms. The van der Waals surface area contributed by atoms with Gasteiger partial charge in [0.1, 0.15) is 6.04 Å². The fourth-order valence-corrected chi connectivity index (χ4v) is 1.90. The molecule has 1 unspecified atom stereocenters. The van der Waals surface area contributed by atoms with E-state index in [1.807, 2.05) is 32.0 Å². The number of hydrogen-bond acceptors (Lipinski definition) is 3. The number of aryl methyl sites for hydroxylation is 2. The third kappa shape index (κ3) is 4.37. The van der Waals surface area contributed by atoms with Crippen LogP contribution in [0.3, 0.4) is 0 Å². The quantitative estimate of drug-likeness (QED) is 0.818. The van der Waals surface area contributed by atoms with E-state index < -0.39 is 24.4 Å². The second kappa shape index (κ2) is 6.33. The molecule has 0 saturated heterocycles. The van der Waals surface area contributed by atoms with Crippen LogP contribution >= 0.6 is 0 Å². The van der Waals surface area contributed by atoms with E-state index in [1.165, 1.54) is 5.56 Å². The van der Waals surface area contributed by atoms with Crippen molar-refractivity contribution >= 4 is 11.9 Å². The first-order valence-corrected chi connectivity index (χ1v) is 6.02. The van der Waals surface area contributed by atoms with Crippen LogP contribution in [0.25, 0.3) is 0 Å². The Morgan fingerprint density at radius 1 is 1.21 bits per heavy atom. The topological polar surface area (TPSA) is 77.8 Å². The largest absolute Gasteiger partial charge is 0.481 e. The molecule has 0 radical (unpaired) electrons. The maximum Gasteiger partial charge on any atom is 0.321 e. The van der Waals surface area contributed by atoms with E-state index in [0.717, 1.165) is 11.1 Å². The van der Waals surface area contributed by atoms with Gasteiger partial charge in [0.2, 0.25) is 0 Å². The third-order valence-corrected chi connectivity index (χ3v) is 3.19. The summed E-state index contributed by atoms with van der Waals surface area (Å²) in [5, 5.41) is 17.8. The molecule has 1 aromatic carbocycles. The summed E-state index contributed by atoms with van der Waals surface area (Å²) < 4.78 is 0. The minimum Gasteiger partial charge on any atom is -0.481 e. The zero-order chi connectivity index (χ0) is 14.6. The average molecular weight is 265 g/mol. The van der Waals surface area contributed by atoms with Crippen LogP contribution in [0.1, 0.15) is 23.1 Å². The maximum absolute atomic E-state index is 11.1. The lowest BCUT2D eigenvalue weighted by Crippen LogP contribution is -2.39. The van der Waals surface area contributed by atoms with Crippen LogP contribution in [0.5, 0.6) is 0 Å². The van der Waals surface area contributed by atoms with Crippen molar-refractivity contribution in [2.24, 2.45) is 0 Å². The molecule has 0 aliphatic heterocycles. The molecule has 0 heterocycles. The molecule has 5 heteroatoms. The lowest BCUT2D eigenvalue weighted by molar-refractivity contribution is -0.149. The van der Waals surface area contributed by atoms with E-state index in [1.54, 1.807) is 11.9 Å². The number of aliphatic carboxylic acids is 2. The predicted molar refractivity (Wildman–Crippen MR) is 71.1 cm³/mol. The lowest BCUT2D eigenvalue weighted by Gasteiger charge is -2.23. The van der Waals surface area contributed by atoms with E-state index >= 15 is 0 Å². The van der Waals surface area contributed by atoms with Gasteiger partial charge < -0.3 is 10.2 Å². The minimum absolute atomic E-state index is 0.406. The van der Waals surface area contributed by atoms with Crippen LogP contribution < -0.4 is 0 Å². The van der Waals surface area contributed by atoms with Gasteiger partial charge in [0, 0.05) is 6.54 Å². The summed E-state index contributed by atoms with van der Waals surface area (Å²) in [5.41, 5.74) is 3.28. The zero-order valence-corrected chi connectivity index (χ0v) is 11.4. The van der Waals surface area contributed by atoms with Gasteiger partial charge in [-0.1, -0.05) is 18.2 Å². The summed E-state index contributed by atoms with van der Waals surface area (Å²) in [4.78, 5) is 23.3. The summed E-state index contributed by atoms with van der Waals surface area (Å²) in [6.07, 6.45) is -0.406. The van der Waals surface area contributed by atoms with Crippen molar-refractivity contribution in [1.29, 1.82) is 0 Å². The Morgan fingerprint density at radius 2 is 1.84 bits per heavy atom. The summed E-state index contributed by atoms with van der Waals surface area (Å²) in [5.74, 6) is -2.23. The number of carboxylic acids is 2. The standard InChI is InChI=1S/C14H19NO4/c1-9-4-5-11(6-10(9)2)8-15(3)12(14(18)19)7-13(16)17/h4-6,12H,7-8H2,1-3H3,(H,16,17)(H,18,19). The third-order valence-electron chi connectivity index (χ3n) is 3.19. The second-order valence-corrected chi connectivity index (χ2v) is 4.79. The van der Waals surface area contributed by atoms with Gasteiger partial charge in [-0.05, 0) is 37.6 Å². The van der Waals surface area contributed by atoms with Crippen LogP contribution in [0.15, 0.2) is 18.2 Å². The Balaban J connectivity index is 2.80. The maximum atomic E-state index is 11.1. The summed E-state index contributed by atoms with van der Waals surface area (Å²) in [6, 6.07) is 4.88. The van der Waals surface area contributed by atoms with Crippen molar-refractivity contribution in [3.05, 3.63) is 34.9 Å². The molecule has 1 rings (SSSR count). The highest BCUT2D eigenvalue weighted by molar-refractivity contribution is 5.80. The molecule has 0 aliphatic rings. The van der Waals surface area contributed by atoms with Gasteiger partial charge in [-0.15, -0.1) is 0 Å². The molecule has 0 saturated carbocycles. The average Bonchev–Trinajstić information content (AvgIpc) is 2.30. The summed E-state index contributed by atoms with van der Waals surface area (Å²) in [6.45, 7) is 4.41. The first-order chi connectivity index (χ1) is 8.81. The summed E-state index contributed by atoms with van der Waals surface area (Å²) in [7, 11) is 1.62. The van der Waals surface area contributed by atoms with Gasteiger partial charge in [0.05, 0.1) is 6.42 Å². The molecular formula is C14H19NO4. The highest BCUT2D eigenvalue weighted by atomic mass is 16.4. The smallest absolute Gasteiger partial charge is 0.321 e. The number of carboxylic acid groups (broad SMARTS) is 2. The fourth-order valence-electron chi connectivity index (χ4n) is 1.90. The zero-order valence-electron chi connectivity index (χ0n) is 11.4. The van der Waals surface area contributed by atoms with Crippen LogP contribution in [0.2, 0.25) is 0 Å². The Bertz CT molecular complexity index is 484. The molecule has 5 nitrogen and oxygen atoms in total. The van der Waals surface area contributed by atoms with Crippen molar-refractivity contribution < 1.29 is 19.8 Å². The second-order valence-electron chi connectivity index (χ2n) is 4.79. The number of hydrogen-bond donors (Lipinski definition) is 2. The van der Waals surface area contributed by atoms with Gasteiger partial charge in [-0.3, -0.25) is 14.5 Å². The highest BCUT2D eigenvalue weighted by Gasteiger charge is 2.25. The number of nitrogens with zero attached hydrogens (tertiary/aromatic N) is 1. The molecule has 0 spiro atoms. The molecule has 0 aromatic heterocycles. The Kier molecular flexibility index (Phi) is 5.06. The first-order valence-electron chi connectivity index (χ1n) is 6.02. The molecule has 104 valence electrons. The van der Waals surface area contributed by atoms with E-state index in [-0.39, 0.29) is 0 Å². The van der Waals surface area contributed by atoms with E-state index in [2.05, 4.69) is 0 Å². The van der Waals surface area contributed by atoms with Crippen LogP contribution in [-0.4, -0.2) is 40.1 Å². The van der Waals surface area contributed by atoms with Crippen molar-refractivity contribution in [2.75, 3.05) is 7.05 Å². The van der Waals surface area contributed by atoms with Crippen LogP contribution in [0.4, 0.5) is 0 Å². The molecule has 0 bridgehead atoms. The van der Waals surface area contributed by atoms with Crippen molar-refractivity contribution in [2.45, 2.75) is 32.9 Å². The fraction of sp³-hybridized carbons (Fsp3) is 0.429. The number of rotatable bonds is 6. The molecule has 0 aliphatic carbocycles. The van der Waals surface area contributed by atoms with Gasteiger partial charge in [0.25, 0.3) is 0 Å². The Morgan fingerprint density at radius 3 is 2.32 bits per heavy atom. The number of carbonyl (C=O) groups is 2. The SMILES string of the molecule is Cc1ccc(CN(C)C(CC(=O)O)C(=O)O)cc1C. The lowest BCUT2D eigenvalue weighted by atomic mass is 10.1. The number of benzene rings is 1. The molecule has 1 aromatic rings. The predicted octanol–water partition coefficient (Wildman–Crippen LogP) is 1.66. The van der Waals surface area contributed by atoms with Crippen LogP contribution in [0, 0.1) is 13.8 Å². The van der Waals surface area contributed by atoms with E-state index in [4.69, 9.17) is 10.2 Å². The van der Waals surface area contributed by atoms with Gasteiger partial charge in [-0.2, -0.15) is 0 Å². The molecule has 0 amide bonds. The Labute approximate surface area is 112 Å². The summed E-state index contributed by atoms with van der Waals surface area (Å²) >= 11 is 0. The molecule has 0 fully saturated rings. The van der Waals surface area contributed by atoms with Gasteiger partial charge in [0.15, 0.2) is 0 Å². The highest BCUT2D eigenvalue weighted by Crippen LogP contribution is 2.13. The van der Waals surface area contributed by atoms with Crippen molar-refractivity contribution in [1.82, 2.24) is 4.90 Å². The minimum atomic E-state index is -1.12. The normalized spacial score (nSPS) is 12.4. The van der Waals surface area contributed by atoms with E-state index in [0.29, 0.717) is 6.54 Å². The van der Waals surface area contributed by atoms with E-state index in [9.17, 15) is 9.59 Å². The van der Waals surface area contributed by atoms with Gasteiger partial charge in [-0.25, -0.2) is 0 Å². The van der Waals surface area contributed by atoms with Crippen molar-refractivity contribution in [3.8, 4) is 0 Å². The molecular weight excluding hydrogens is 246 g/mol. The molecule has 1 atom stereocenters.